The zero-order chi connectivity index (χ0) is 19.6. The fourth-order valence-corrected chi connectivity index (χ4v) is 1.73. The molecule has 0 rings (SSSR count). The summed E-state index contributed by atoms with van der Waals surface area (Å²) in [6.07, 6.45) is -1.76. The second kappa shape index (κ2) is 11.6. The summed E-state index contributed by atoms with van der Waals surface area (Å²) >= 11 is 3.83. The number of carbonyl (C=O) groups excluding carboxylic acids is 3. The summed E-state index contributed by atoms with van der Waals surface area (Å²) in [6, 6.07) is -4.48. The number of hydrogen-bond acceptors (Lipinski definition) is 9. The lowest BCUT2D eigenvalue weighted by atomic mass is 10.2. The van der Waals surface area contributed by atoms with Gasteiger partial charge in [0.2, 0.25) is 11.8 Å². The van der Waals surface area contributed by atoms with Crippen LogP contribution in [-0.2, 0) is 19.2 Å². The van der Waals surface area contributed by atoms with Crippen LogP contribution in [0.25, 0.3) is 0 Å². The molecule has 0 saturated heterocycles. The van der Waals surface area contributed by atoms with Gasteiger partial charge in [0.25, 0.3) is 5.91 Å². The van der Waals surface area contributed by atoms with Gasteiger partial charge in [-0.3, -0.25) is 14.4 Å². The Hall–Kier alpha value is -1.93. The van der Waals surface area contributed by atoms with Crippen molar-refractivity contribution < 1.29 is 44.7 Å². The number of carboxylic acids is 1. The molecule has 0 aromatic heterocycles. The molecule has 0 radical (unpaired) electrons. The van der Waals surface area contributed by atoms with Crippen molar-refractivity contribution in [2.24, 2.45) is 0 Å². The van der Waals surface area contributed by atoms with E-state index in [4.69, 9.17) is 25.5 Å². The van der Waals surface area contributed by atoms with Crippen molar-refractivity contribution >= 4 is 36.3 Å². The van der Waals surface area contributed by atoms with Gasteiger partial charge in [0.1, 0.15) is 18.1 Å². The van der Waals surface area contributed by atoms with Crippen LogP contribution in [0.3, 0.4) is 0 Å². The van der Waals surface area contributed by atoms with Gasteiger partial charge in [-0.1, -0.05) is 0 Å². The second-order valence-electron chi connectivity index (χ2n) is 4.77. The van der Waals surface area contributed by atoms with Gasteiger partial charge in [0.15, 0.2) is 6.10 Å². The van der Waals surface area contributed by atoms with Gasteiger partial charge in [0, 0.05) is 5.75 Å². The van der Waals surface area contributed by atoms with Crippen LogP contribution in [0.4, 0.5) is 0 Å². The minimum atomic E-state index is -1.76. The van der Waals surface area contributed by atoms with Crippen LogP contribution in [0, 0.1) is 0 Å². The lowest BCUT2D eigenvalue weighted by Gasteiger charge is -2.22. The third-order valence-corrected chi connectivity index (χ3v) is 3.27. The van der Waals surface area contributed by atoms with E-state index in [1.165, 1.54) is 0 Å². The van der Waals surface area contributed by atoms with E-state index >= 15 is 0 Å². The first-order valence-corrected chi connectivity index (χ1v) is 7.60. The Morgan fingerprint density at radius 3 is 1.60 bits per heavy atom. The SMILES string of the molecule is O=C(NC(CS)C(=O)NC(CO)C(=O)N[C@@H](CO)C(=O)O)C(O)CO. The standard InChI is InChI=1S/C12H21N3O9S/c16-1-5(9(20)14-6(2-17)12(23)24)13-10(21)7(4-25)15-11(22)8(19)3-18/h5-8,16-19,25H,1-4H2,(H,13,21)(H,14,20)(H,15,22)(H,23,24)/t5?,6-,7?,8?/m0/s1. The van der Waals surface area contributed by atoms with Gasteiger partial charge in [-0.15, -0.1) is 0 Å². The lowest BCUT2D eigenvalue weighted by molar-refractivity contribution is -0.143. The number of rotatable bonds is 11. The molecule has 8 N–H and O–H groups in total. The van der Waals surface area contributed by atoms with Gasteiger partial charge >= 0.3 is 5.97 Å². The van der Waals surface area contributed by atoms with Crippen molar-refractivity contribution in [3.8, 4) is 0 Å². The number of aliphatic carboxylic acids is 1. The maximum Gasteiger partial charge on any atom is 0.328 e. The van der Waals surface area contributed by atoms with E-state index in [2.05, 4.69) is 23.3 Å². The molecular formula is C12H21N3O9S. The summed E-state index contributed by atoms with van der Waals surface area (Å²) in [4.78, 5) is 46.0. The van der Waals surface area contributed by atoms with E-state index in [1.54, 1.807) is 0 Å². The lowest BCUT2D eigenvalue weighted by Crippen LogP contribution is -2.58. The highest BCUT2D eigenvalue weighted by Crippen LogP contribution is 1.95. The number of aliphatic hydroxyl groups is 4. The number of hydrogen-bond donors (Lipinski definition) is 9. The third kappa shape index (κ3) is 7.66. The maximum absolute atomic E-state index is 12.0. The fraction of sp³-hybridized carbons (Fsp3) is 0.667. The second-order valence-corrected chi connectivity index (χ2v) is 5.13. The van der Waals surface area contributed by atoms with Crippen LogP contribution < -0.4 is 16.0 Å². The van der Waals surface area contributed by atoms with Crippen LogP contribution >= 0.6 is 12.6 Å². The summed E-state index contributed by atoms with van der Waals surface area (Å²) in [5, 5.41) is 50.6. The van der Waals surface area contributed by atoms with E-state index in [0.717, 1.165) is 0 Å². The minimum Gasteiger partial charge on any atom is -0.480 e. The summed E-state index contributed by atoms with van der Waals surface area (Å²) < 4.78 is 0. The van der Waals surface area contributed by atoms with Crippen LogP contribution in [-0.4, -0.2) is 99.0 Å². The van der Waals surface area contributed by atoms with Gasteiger partial charge in [-0.05, 0) is 0 Å². The fourth-order valence-electron chi connectivity index (χ4n) is 1.47. The van der Waals surface area contributed by atoms with Crippen molar-refractivity contribution in [1.29, 1.82) is 0 Å². The molecule has 0 aliphatic heterocycles. The Morgan fingerprint density at radius 1 is 0.760 bits per heavy atom. The van der Waals surface area contributed by atoms with Crippen LogP contribution in [0.15, 0.2) is 0 Å². The normalized spacial score (nSPS) is 15.4. The number of thiol groups is 1. The molecule has 144 valence electrons. The van der Waals surface area contributed by atoms with Crippen LogP contribution in [0.2, 0.25) is 0 Å². The molecule has 0 aliphatic rings. The Morgan fingerprint density at radius 2 is 1.20 bits per heavy atom. The Labute approximate surface area is 147 Å². The highest BCUT2D eigenvalue weighted by molar-refractivity contribution is 7.80. The summed E-state index contributed by atoms with van der Waals surface area (Å²) in [6.45, 7) is -2.66. The molecule has 0 aliphatic carbocycles. The quantitative estimate of drug-likeness (QED) is 0.156. The number of nitrogens with one attached hydrogen (secondary N) is 3. The summed E-state index contributed by atoms with van der Waals surface area (Å²) in [5.41, 5.74) is 0. The van der Waals surface area contributed by atoms with E-state index < -0.39 is 67.7 Å². The molecule has 0 fully saturated rings. The average Bonchev–Trinajstić information content (AvgIpc) is 2.59. The van der Waals surface area contributed by atoms with Crippen molar-refractivity contribution in [2.75, 3.05) is 25.6 Å². The van der Waals surface area contributed by atoms with E-state index in [-0.39, 0.29) is 5.75 Å². The number of carbonyl (C=O) groups is 4. The topological polar surface area (TPSA) is 206 Å². The Bertz CT molecular complexity index is 490. The molecule has 12 nitrogen and oxygen atoms in total. The molecule has 0 saturated carbocycles. The molecule has 3 amide bonds. The molecule has 0 heterocycles. The predicted octanol–water partition coefficient (Wildman–Crippen LogP) is -5.21. The molecule has 13 heteroatoms. The molecule has 3 unspecified atom stereocenters. The summed E-state index contributed by atoms with van der Waals surface area (Å²) in [7, 11) is 0. The van der Waals surface area contributed by atoms with Crippen LogP contribution in [0.5, 0.6) is 0 Å². The van der Waals surface area contributed by atoms with Crippen LogP contribution in [0.1, 0.15) is 0 Å². The first-order valence-electron chi connectivity index (χ1n) is 6.97. The predicted molar refractivity (Wildman–Crippen MR) is 84.5 cm³/mol. The highest BCUT2D eigenvalue weighted by atomic mass is 32.1. The van der Waals surface area contributed by atoms with Crippen molar-refractivity contribution in [3.05, 3.63) is 0 Å². The third-order valence-electron chi connectivity index (χ3n) is 2.90. The average molecular weight is 383 g/mol. The maximum atomic E-state index is 12.0. The van der Waals surface area contributed by atoms with Gasteiger partial charge in [0.05, 0.1) is 19.8 Å². The highest BCUT2D eigenvalue weighted by Gasteiger charge is 2.29. The molecule has 25 heavy (non-hydrogen) atoms. The number of aliphatic hydroxyl groups excluding tert-OH is 4. The Kier molecular flexibility index (Phi) is 10.7. The molecule has 0 spiro atoms. The van der Waals surface area contributed by atoms with E-state index in [9.17, 15) is 19.2 Å². The van der Waals surface area contributed by atoms with Gasteiger partial charge in [-0.25, -0.2) is 4.79 Å². The monoisotopic (exact) mass is 383 g/mol. The first kappa shape index (κ1) is 23.1. The zero-order valence-corrected chi connectivity index (χ0v) is 13.8. The Balaban J connectivity index is 4.86. The molecule has 0 bridgehead atoms. The first-order chi connectivity index (χ1) is 11.7. The molecule has 4 atom stereocenters. The molecule has 0 aromatic carbocycles. The number of amides is 3. The zero-order valence-electron chi connectivity index (χ0n) is 13.0. The molecule has 0 aromatic rings. The van der Waals surface area contributed by atoms with E-state index in [1.807, 2.05) is 5.32 Å². The van der Waals surface area contributed by atoms with E-state index in [0.29, 0.717) is 0 Å². The van der Waals surface area contributed by atoms with Crippen molar-refractivity contribution in [1.82, 2.24) is 16.0 Å². The number of carboxylic acid groups (broad SMARTS) is 1. The van der Waals surface area contributed by atoms with Crippen molar-refractivity contribution in [2.45, 2.75) is 24.2 Å². The molecular weight excluding hydrogens is 362 g/mol. The van der Waals surface area contributed by atoms with Gasteiger partial charge < -0.3 is 41.5 Å². The van der Waals surface area contributed by atoms with Crippen molar-refractivity contribution in [3.63, 3.8) is 0 Å². The van der Waals surface area contributed by atoms with Gasteiger partial charge in [-0.2, -0.15) is 12.6 Å². The smallest absolute Gasteiger partial charge is 0.328 e. The minimum absolute atomic E-state index is 0.232. The summed E-state index contributed by atoms with van der Waals surface area (Å²) in [5.74, 6) is -4.81. The largest absolute Gasteiger partial charge is 0.480 e.